The fraction of sp³-hybridized carbons (Fsp3) is 0. The maximum Gasteiger partial charge on any atom is 0.0352 e. The molecule has 0 aliphatic rings. The number of hydrogen-bond donors (Lipinski definition) is 0. The molecule has 4 rings (SSSR count). The first-order valence-electron chi connectivity index (χ1n) is 7.93. The molecule has 114 valence electrons. The molecule has 2 nitrogen and oxygen atoms in total. The molecule has 0 spiro atoms. The number of nitrogens with zero attached hydrogens (tertiary/aromatic N) is 2. The van der Waals surface area contributed by atoms with Gasteiger partial charge in [-0.2, -0.15) is 0 Å². The highest BCUT2D eigenvalue weighted by atomic mass is 14.6. The van der Waals surface area contributed by atoms with Crippen molar-refractivity contribution in [2.75, 3.05) is 0 Å². The van der Waals surface area contributed by atoms with Crippen LogP contribution in [0.5, 0.6) is 0 Å². The van der Waals surface area contributed by atoms with Crippen molar-refractivity contribution in [3.8, 4) is 33.4 Å². The van der Waals surface area contributed by atoms with E-state index in [1.807, 2.05) is 36.9 Å². The molecule has 0 aliphatic heterocycles. The van der Waals surface area contributed by atoms with Gasteiger partial charge in [-0.1, -0.05) is 60.7 Å². The van der Waals surface area contributed by atoms with E-state index < -0.39 is 0 Å². The van der Waals surface area contributed by atoms with Gasteiger partial charge in [0.05, 0.1) is 0 Å². The average Bonchev–Trinajstić information content (AvgIpc) is 2.69. The highest BCUT2D eigenvalue weighted by molar-refractivity contribution is 5.90. The molecule has 24 heavy (non-hydrogen) atoms. The lowest BCUT2D eigenvalue weighted by Crippen LogP contribution is -1.90. The topological polar surface area (TPSA) is 25.8 Å². The summed E-state index contributed by atoms with van der Waals surface area (Å²) in [6.07, 6.45) is 7.55. The highest BCUT2D eigenvalue weighted by Crippen LogP contribution is 2.36. The van der Waals surface area contributed by atoms with E-state index in [1.54, 1.807) is 0 Å². The molecule has 0 bridgehead atoms. The SMILES string of the molecule is c1ccc(-c2cnccc2-c2ccncc2-c2ccccc2)cc1. The van der Waals surface area contributed by atoms with E-state index in [0.29, 0.717) is 0 Å². The van der Waals surface area contributed by atoms with Crippen molar-refractivity contribution in [1.29, 1.82) is 0 Å². The van der Waals surface area contributed by atoms with Gasteiger partial charge >= 0.3 is 0 Å². The summed E-state index contributed by atoms with van der Waals surface area (Å²) in [6.45, 7) is 0. The smallest absolute Gasteiger partial charge is 0.0352 e. The summed E-state index contributed by atoms with van der Waals surface area (Å²) in [5.74, 6) is 0. The Morgan fingerprint density at radius 2 is 0.833 bits per heavy atom. The molecule has 0 aliphatic carbocycles. The molecule has 0 saturated heterocycles. The summed E-state index contributed by atoms with van der Waals surface area (Å²) in [6, 6.07) is 24.9. The zero-order valence-electron chi connectivity index (χ0n) is 13.1. The van der Waals surface area contributed by atoms with Crippen LogP contribution in [0.25, 0.3) is 33.4 Å². The number of hydrogen-bond acceptors (Lipinski definition) is 2. The largest absolute Gasteiger partial charge is 0.264 e. The van der Waals surface area contributed by atoms with E-state index >= 15 is 0 Å². The Kier molecular flexibility index (Phi) is 3.86. The Labute approximate surface area is 141 Å². The highest BCUT2D eigenvalue weighted by Gasteiger charge is 2.12. The second-order valence-corrected chi connectivity index (χ2v) is 5.57. The average molecular weight is 308 g/mol. The molecule has 4 aromatic rings. The summed E-state index contributed by atoms with van der Waals surface area (Å²) in [7, 11) is 0. The molecule has 2 heterocycles. The van der Waals surface area contributed by atoms with E-state index in [-0.39, 0.29) is 0 Å². The van der Waals surface area contributed by atoms with Crippen molar-refractivity contribution in [2.45, 2.75) is 0 Å². The van der Waals surface area contributed by atoms with E-state index in [9.17, 15) is 0 Å². The first-order valence-corrected chi connectivity index (χ1v) is 7.93. The third-order valence-electron chi connectivity index (χ3n) is 4.10. The van der Waals surface area contributed by atoms with Crippen LogP contribution in [0.4, 0.5) is 0 Å². The van der Waals surface area contributed by atoms with Crippen LogP contribution in [0.2, 0.25) is 0 Å². The van der Waals surface area contributed by atoms with Crippen LogP contribution in [-0.2, 0) is 0 Å². The van der Waals surface area contributed by atoms with Crippen molar-refractivity contribution >= 4 is 0 Å². The maximum absolute atomic E-state index is 4.33. The van der Waals surface area contributed by atoms with Crippen LogP contribution in [0.3, 0.4) is 0 Å². The molecule has 2 aromatic carbocycles. The Hall–Kier alpha value is -3.26. The quantitative estimate of drug-likeness (QED) is 0.501. The molecule has 0 atom stereocenters. The predicted molar refractivity (Wildman–Crippen MR) is 98.3 cm³/mol. The van der Waals surface area contributed by atoms with E-state index in [2.05, 4.69) is 70.6 Å². The van der Waals surface area contributed by atoms with Crippen LogP contribution >= 0.6 is 0 Å². The van der Waals surface area contributed by atoms with Gasteiger partial charge < -0.3 is 0 Å². The monoisotopic (exact) mass is 308 g/mol. The van der Waals surface area contributed by atoms with Gasteiger partial charge in [-0.25, -0.2) is 0 Å². The number of rotatable bonds is 3. The van der Waals surface area contributed by atoms with Gasteiger partial charge in [0.2, 0.25) is 0 Å². The van der Waals surface area contributed by atoms with Gasteiger partial charge in [-0.15, -0.1) is 0 Å². The molecule has 2 heteroatoms. The molecule has 0 fully saturated rings. The second kappa shape index (κ2) is 6.47. The lowest BCUT2D eigenvalue weighted by Gasteiger charge is -2.13. The summed E-state index contributed by atoms with van der Waals surface area (Å²) in [5, 5.41) is 0. The third-order valence-corrected chi connectivity index (χ3v) is 4.10. The van der Waals surface area contributed by atoms with Gasteiger partial charge in [0, 0.05) is 35.9 Å². The normalized spacial score (nSPS) is 10.5. The van der Waals surface area contributed by atoms with Crippen LogP contribution in [0.15, 0.2) is 97.6 Å². The summed E-state index contributed by atoms with van der Waals surface area (Å²) in [5.41, 5.74) is 6.91. The van der Waals surface area contributed by atoms with Crippen molar-refractivity contribution in [3.63, 3.8) is 0 Å². The maximum atomic E-state index is 4.33. The molecule has 2 aromatic heterocycles. The molecule has 0 N–H and O–H groups in total. The lowest BCUT2D eigenvalue weighted by atomic mass is 9.92. The van der Waals surface area contributed by atoms with Crippen LogP contribution in [0, 0.1) is 0 Å². The van der Waals surface area contributed by atoms with Crippen molar-refractivity contribution < 1.29 is 0 Å². The third kappa shape index (κ3) is 2.70. The molecular formula is C22H16N2. The minimum absolute atomic E-state index is 1.13. The van der Waals surface area contributed by atoms with E-state index in [1.165, 1.54) is 0 Å². The Bertz CT molecular complexity index is 867. The lowest BCUT2D eigenvalue weighted by molar-refractivity contribution is 1.31. The van der Waals surface area contributed by atoms with Crippen molar-refractivity contribution in [1.82, 2.24) is 9.97 Å². The molecule has 0 saturated carbocycles. The zero-order valence-corrected chi connectivity index (χ0v) is 13.1. The minimum atomic E-state index is 1.13. The summed E-state index contributed by atoms with van der Waals surface area (Å²) < 4.78 is 0. The number of benzene rings is 2. The van der Waals surface area contributed by atoms with Crippen LogP contribution < -0.4 is 0 Å². The number of pyridine rings is 2. The van der Waals surface area contributed by atoms with E-state index in [0.717, 1.165) is 33.4 Å². The fourth-order valence-corrected chi connectivity index (χ4v) is 2.95. The molecule has 0 radical (unpaired) electrons. The Morgan fingerprint density at radius 1 is 0.417 bits per heavy atom. The van der Waals surface area contributed by atoms with Gasteiger partial charge in [0.25, 0.3) is 0 Å². The van der Waals surface area contributed by atoms with Gasteiger partial charge in [0.1, 0.15) is 0 Å². The van der Waals surface area contributed by atoms with E-state index in [4.69, 9.17) is 0 Å². The molecule has 0 unspecified atom stereocenters. The molecule has 0 amide bonds. The fourth-order valence-electron chi connectivity index (χ4n) is 2.95. The predicted octanol–water partition coefficient (Wildman–Crippen LogP) is 5.48. The van der Waals surface area contributed by atoms with Crippen LogP contribution in [-0.4, -0.2) is 9.97 Å². The Morgan fingerprint density at radius 3 is 1.25 bits per heavy atom. The van der Waals surface area contributed by atoms with Gasteiger partial charge in [-0.3, -0.25) is 9.97 Å². The standard InChI is InChI=1S/C22H16N2/c1-3-7-17(8-4-1)21-15-23-13-11-19(21)20-12-14-24-16-22(20)18-9-5-2-6-10-18/h1-16H. The first-order chi connectivity index (χ1) is 11.9. The number of aromatic nitrogens is 2. The molecular weight excluding hydrogens is 292 g/mol. The zero-order chi connectivity index (χ0) is 16.2. The summed E-state index contributed by atoms with van der Waals surface area (Å²) >= 11 is 0. The second-order valence-electron chi connectivity index (χ2n) is 5.57. The van der Waals surface area contributed by atoms with Crippen LogP contribution in [0.1, 0.15) is 0 Å². The van der Waals surface area contributed by atoms with Gasteiger partial charge in [0.15, 0.2) is 0 Å². The van der Waals surface area contributed by atoms with Crippen molar-refractivity contribution in [3.05, 3.63) is 97.6 Å². The Balaban J connectivity index is 1.93. The first kappa shape index (κ1) is 14.3. The van der Waals surface area contributed by atoms with Crippen molar-refractivity contribution in [2.24, 2.45) is 0 Å². The summed E-state index contributed by atoms with van der Waals surface area (Å²) in [4.78, 5) is 8.67. The van der Waals surface area contributed by atoms with Gasteiger partial charge in [-0.05, 0) is 34.4 Å². The minimum Gasteiger partial charge on any atom is -0.264 e.